The van der Waals surface area contributed by atoms with Crippen LogP contribution in [0.2, 0.25) is 0 Å². The fourth-order valence-corrected chi connectivity index (χ4v) is 3.66. The molecule has 0 radical (unpaired) electrons. The first-order valence-electron chi connectivity index (χ1n) is 8.58. The average Bonchev–Trinajstić information content (AvgIpc) is 3.24. The Hall–Kier alpha value is -2.47. The lowest BCUT2D eigenvalue weighted by atomic mass is 9.96. The van der Waals surface area contributed by atoms with E-state index in [2.05, 4.69) is 15.6 Å². The SMILES string of the molecule is O=C(N[C@H](c1ccc(F)cc1)c1ccccn1)N[C@H]1C[C@H]2CC[C@H]1O2. The van der Waals surface area contributed by atoms with E-state index in [1.165, 1.54) is 12.1 Å². The third-order valence-corrected chi connectivity index (χ3v) is 4.88. The van der Waals surface area contributed by atoms with Crippen LogP contribution < -0.4 is 10.6 Å². The number of hydrogen-bond acceptors (Lipinski definition) is 3. The molecule has 2 bridgehead atoms. The number of carbonyl (C=O) groups excluding carboxylic acids is 1. The molecular formula is C19H20FN3O2. The number of halogens is 1. The normalized spacial score (nSPS) is 25.6. The molecule has 1 aromatic heterocycles. The maximum Gasteiger partial charge on any atom is 0.315 e. The Bertz CT molecular complexity index is 738. The van der Waals surface area contributed by atoms with Crippen molar-refractivity contribution < 1.29 is 13.9 Å². The summed E-state index contributed by atoms with van der Waals surface area (Å²) in [7, 11) is 0. The zero-order valence-electron chi connectivity index (χ0n) is 13.7. The van der Waals surface area contributed by atoms with Gasteiger partial charge in [-0.15, -0.1) is 0 Å². The van der Waals surface area contributed by atoms with Crippen LogP contribution in [-0.4, -0.2) is 29.3 Å². The first-order chi connectivity index (χ1) is 12.2. The Morgan fingerprint density at radius 3 is 2.68 bits per heavy atom. The Morgan fingerprint density at radius 1 is 1.20 bits per heavy atom. The molecule has 0 unspecified atom stereocenters. The van der Waals surface area contributed by atoms with E-state index in [4.69, 9.17) is 4.74 Å². The minimum atomic E-state index is -0.443. The lowest BCUT2D eigenvalue weighted by Crippen LogP contribution is -2.47. The molecule has 6 heteroatoms. The number of urea groups is 1. The lowest BCUT2D eigenvalue weighted by Gasteiger charge is -2.23. The molecule has 3 heterocycles. The fourth-order valence-electron chi connectivity index (χ4n) is 3.66. The number of carbonyl (C=O) groups is 1. The van der Waals surface area contributed by atoms with Crippen molar-refractivity contribution in [3.05, 3.63) is 65.7 Å². The summed E-state index contributed by atoms with van der Waals surface area (Å²) < 4.78 is 19.0. The van der Waals surface area contributed by atoms with Crippen LogP contribution in [0.15, 0.2) is 48.7 Å². The number of hydrogen-bond donors (Lipinski definition) is 2. The third kappa shape index (κ3) is 3.49. The molecule has 4 rings (SSSR count). The van der Waals surface area contributed by atoms with Crippen molar-refractivity contribution in [3.63, 3.8) is 0 Å². The van der Waals surface area contributed by atoms with Crippen molar-refractivity contribution in [2.24, 2.45) is 0 Å². The van der Waals surface area contributed by atoms with Crippen LogP contribution in [-0.2, 0) is 4.74 Å². The Morgan fingerprint density at radius 2 is 2.04 bits per heavy atom. The molecule has 0 aliphatic carbocycles. The second kappa shape index (κ2) is 6.80. The minimum Gasteiger partial charge on any atom is -0.373 e. The van der Waals surface area contributed by atoms with E-state index in [0.29, 0.717) is 5.69 Å². The number of rotatable bonds is 4. The van der Waals surface area contributed by atoms with Crippen LogP contribution in [0.4, 0.5) is 9.18 Å². The second-order valence-electron chi connectivity index (χ2n) is 6.57. The number of fused-ring (bicyclic) bond motifs is 2. The van der Waals surface area contributed by atoms with E-state index in [0.717, 1.165) is 24.8 Å². The van der Waals surface area contributed by atoms with Gasteiger partial charge < -0.3 is 15.4 Å². The smallest absolute Gasteiger partial charge is 0.315 e. The van der Waals surface area contributed by atoms with Gasteiger partial charge in [-0.25, -0.2) is 9.18 Å². The van der Waals surface area contributed by atoms with Gasteiger partial charge in [0.2, 0.25) is 0 Å². The van der Waals surface area contributed by atoms with Crippen LogP contribution >= 0.6 is 0 Å². The van der Waals surface area contributed by atoms with Gasteiger partial charge in [-0.3, -0.25) is 4.98 Å². The molecule has 2 saturated heterocycles. The highest BCUT2D eigenvalue weighted by molar-refractivity contribution is 5.75. The summed E-state index contributed by atoms with van der Waals surface area (Å²) in [5.41, 5.74) is 1.48. The van der Waals surface area contributed by atoms with Crippen molar-refractivity contribution >= 4 is 6.03 Å². The van der Waals surface area contributed by atoms with Crippen LogP contribution in [0.5, 0.6) is 0 Å². The van der Waals surface area contributed by atoms with Crippen LogP contribution in [0.1, 0.15) is 36.6 Å². The molecule has 2 N–H and O–H groups in total. The van der Waals surface area contributed by atoms with Gasteiger partial charge >= 0.3 is 6.03 Å². The fraction of sp³-hybridized carbons (Fsp3) is 0.368. The average molecular weight is 341 g/mol. The molecule has 2 fully saturated rings. The molecule has 2 amide bonds. The quantitative estimate of drug-likeness (QED) is 0.899. The van der Waals surface area contributed by atoms with Gasteiger partial charge in [0, 0.05) is 6.20 Å². The van der Waals surface area contributed by atoms with Crippen LogP contribution in [0.25, 0.3) is 0 Å². The first-order valence-corrected chi connectivity index (χ1v) is 8.58. The highest BCUT2D eigenvalue weighted by Crippen LogP contribution is 2.34. The summed E-state index contributed by atoms with van der Waals surface area (Å²) in [6.07, 6.45) is 5.01. The van der Waals surface area contributed by atoms with E-state index in [1.807, 2.05) is 18.2 Å². The van der Waals surface area contributed by atoms with Crippen molar-refractivity contribution in [1.82, 2.24) is 15.6 Å². The van der Waals surface area contributed by atoms with Gasteiger partial charge in [-0.1, -0.05) is 18.2 Å². The summed E-state index contributed by atoms with van der Waals surface area (Å²) in [5.74, 6) is -0.313. The summed E-state index contributed by atoms with van der Waals surface area (Å²) in [4.78, 5) is 16.9. The number of amides is 2. The van der Waals surface area contributed by atoms with Crippen molar-refractivity contribution in [3.8, 4) is 0 Å². The second-order valence-corrected chi connectivity index (χ2v) is 6.57. The van der Waals surface area contributed by atoms with Gasteiger partial charge in [0.25, 0.3) is 0 Å². The van der Waals surface area contributed by atoms with Gasteiger partial charge in [0.1, 0.15) is 5.82 Å². The van der Waals surface area contributed by atoms with E-state index in [9.17, 15) is 9.18 Å². The van der Waals surface area contributed by atoms with Crippen molar-refractivity contribution in [2.75, 3.05) is 0 Å². The van der Waals surface area contributed by atoms with Crippen molar-refractivity contribution in [2.45, 2.75) is 43.6 Å². The monoisotopic (exact) mass is 341 g/mol. The maximum absolute atomic E-state index is 13.2. The molecule has 25 heavy (non-hydrogen) atoms. The zero-order chi connectivity index (χ0) is 17.2. The minimum absolute atomic E-state index is 0.0522. The number of benzene rings is 1. The van der Waals surface area contributed by atoms with Crippen molar-refractivity contribution in [1.29, 1.82) is 0 Å². The van der Waals surface area contributed by atoms with Gasteiger partial charge in [0.15, 0.2) is 0 Å². The first kappa shape index (κ1) is 16.0. The van der Waals surface area contributed by atoms with Gasteiger partial charge in [-0.05, 0) is 49.1 Å². The number of nitrogens with zero attached hydrogens (tertiary/aromatic N) is 1. The highest BCUT2D eigenvalue weighted by Gasteiger charge is 2.41. The zero-order valence-corrected chi connectivity index (χ0v) is 13.7. The number of nitrogens with one attached hydrogen (secondary N) is 2. The number of pyridine rings is 1. The van der Waals surface area contributed by atoms with Crippen LogP contribution in [0.3, 0.4) is 0 Å². The highest BCUT2D eigenvalue weighted by atomic mass is 19.1. The summed E-state index contributed by atoms with van der Waals surface area (Å²) in [6.45, 7) is 0. The molecule has 1 aromatic carbocycles. The Labute approximate surface area is 145 Å². The predicted octanol–water partition coefficient (Wildman–Crippen LogP) is 2.93. The van der Waals surface area contributed by atoms with Gasteiger partial charge in [-0.2, -0.15) is 0 Å². The van der Waals surface area contributed by atoms with E-state index >= 15 is 0 Å². The molecular weight excluding hydrogens is 321 g/mol. The third-order valence-electron chi connectivity index (χ3n) is 4.88. The molecule has 5 nitrogen and oxygen atoms in total. The Kier molecular flexibility index (Phi) is 4.36. The molecule has 2 aliphatic heterocycles. The largest absolute Gasteiger partial charge is 0.373 e. The van der Waals surface area contributed by atoms with E-state index in [-0.39, 0.29) is 30.1 Å². The molecule has 4 atom stereocenters. The maximum atomic E-state index is 13.2. The lowest BCUT2D eigenvalue weighted by molar-refractivity contribution is 0.0980. The summed E-state index contributed by atoms with van der Waals surface area (Å²) >= 11 is 0. The standard InChI is InChI=1S/C19H20FN3O2/c20-13-6-4-12(5-7-13)18(15-3-1-2-10-21-15)23-19(24)22-16-11-14-8-9-17(16)25-14/h1-7,10,14,16-18H,8-9,11H2,(H2,22,23,24)/t14-,16+,17-,18-/m1/s1. The molecule has 130 valence electrons. The number of ether oxygens (including phenoxy) is 1. The Balaban J connectivity index is 1.50. The topological polar surface area (TPSA) is 63.2 Å². The molecule has 0 spiro atoms. The van der Waals surface area contributed by atoms with Gasteiger partial charge in [0.05, 0.1) is 30.0 Å². The molecule has 0 saturated carbocycles. The molecule has 2 aromatic rings. The number of aromatic nitrogens is 1. The summed E-state index contributed by atoms with van der Waals surface area (Å²) in [6, 6.07) is 11.0. The predicted molar refractivity (Wildman–Crippen MR) is 90.4 cm³/mol. The van der Waals surface area contributed by atoms with Crippen LogP contribution in [0, 0.1) is 5.82 Å². The summed E-state index contributed by atoms with van der Waals surface area (Å²) in [5, 5.41) is 5.98. The van der Waals surface area contributed by atoms with E-state index in [1.54, 1.807) is 18.3 Å². The van der Waals surface area contributed by atoms with E-state index < -0.39 is 6.04 Å². The molecule has 2 aliphatic rings.